The SMILES string of the molecule is COC1CCN(c2cc([N+](=O)[O-])ccc2C(=O)O)C1. The maximum atomic E-state index is 11.2. The average molecular weight is 266 g/mol. The van der Waals surface area contributed by atoms with Crippen LogP contribution in [0.15, 0.2) is 18.2 Å². The molecule has 7 heteroatoms. The van der Waals surface area contributed by atoms with E-state index in [4.69, 9.17) is 9.84 Å². The van der Waals surface area contributed by atoms with E-state index in [0.29, 0.717) is 18.8 Å². The lowest BCUT2D eigenvalue weighted by Gasteiger charge is -2.20. The maximum Gasteiger partial charge on any atom is 0.337 e. The zero-order valence-corrected chi connectivity index (χ0v) is 10.4. The maximum absolute atomic E-state index is 11.2. The molecule has 1 N–H and O–H groups in total. The van der Waals surface area contributed by atoms with Crippen molar-refractivity contribution in [2.75, 3.05) is 25.1 Å². The number of nitrogens with zero attached hydrogens (tertiary/aromatic N) is 2. The number of non-ortho nitro benzene ring substituents is 1. The van der Waals surface area contributed by atoms with E-state index in [-0.39, 0.29) is 17.4 Å². The molecule has 1 atom stereocenters. The predicted molar refractivity (Wildman–Crippen MR) is 67.7 cm³/mol. The molecule has 1 aromatic carbocycles. The number of carboxylic acids is 1. The van der Waals surface area contributed by atoms with E-state index in [0.717, 1.165) is 6.42 Å². The van der Waals surface area contributed by atoms with Crippen molar-refractivity contribution in [3.05, 3.63) is 33.9 Å². The fourth-order valence-corrected chi connectivity index (χ4v) is 2.22. The summed E-state index contributed by atoms with van der Waals surface area (Å²) in [7, 11) is 1.60. The van der Waals surface area contributed by atoms with Crippen LogP contribution >= 0.6 is 0 Å². The Hall–Kier alpha value is -2.15. The lowest BCUT2D eigenvalue weighted by atomic mass is 10.1. The molecule has 0 radical (unpaired) electrons. The summed E-state index contributed by atoms with van der Waals surface area (Å²) >= 11 is 0. The molecule has 19 heavy (non-hydrogen) atoms. The third-order valence-electron chi connectivity index (χ3n) is 3.24. The van der Waals surface area contributed by atoms with Gasteiger partial charge in [-0.25, -0.2) is 4.79 Å². The number of carbonyl (C=O) groups is 1. The third-order valence-corrected chi connectivity index (χ3v) is 3.24. The normalized spacial score (nSPS) is 18.6. The fourth-order valence-electron chi connectivity index (χ4n) is 2.22. The summed E-state index contributed by atoms with van der Waals surface area (Å²) in [6.07, 6.45) is 0.805. The molecule has 1 unspecified atom stereocenters. The smallest absolute Gasteiger partial charge is 0.337 e. The first-order valence-electron chi connectivity index (χ1n) is 5.82. The first-order valence-corrected chi connectivity index (χ1v) is 5.82. The van der Waals surface area contributed by atoms with Gasteiger partial charge in [0.1, 0.15) is 0 Å². The van der Waals surface area contributed by atoms with Gasteiger partial charge in [0.25, 0.3) is 5.69 Å². The van der Waals surface area contributed by atoms with Crippen LogP contribution in [-0.2, 0) is 4.74 Å². The number of aromatic carboxylic acids is 1. The Morgan fingerprint density at radius 2 is 2.32 bits per heavy atom. The van der Waals surface area contributed by atoms with Gasteiger partial charge in [0.05, 0.1) is 22.3 Å². The van der Waals surface area contributed by atoms with Crippen molar-refractivity contribution in [2.24, 2.45) is 0 Å². The number of nitro benzene ring substituents is 1. The van der Waals surface area contributed by atoms with Gasteiger partial charge < -0.3 is 14.7 Å². The van der Waals surface area contributed by atoms with Crippen molar-refractivity contribution in [2.45, 2.75) is 12.5 Å². The van der Waals surface area contributed by atoms with Crippen LogP contribution in [0.25, 0.3) is 0 Å². The summed E-state index contributed by atoms with van der Waals surface area (Å²) in [5, 5.41) is 19.9. The Balaban J connectivity index is 2.38. The number of ether oxygens (including phenoxy) is 1. The molecule has 1 aromatic rings. The Labute approximate surface area is 109 Å². The highest BCUT2D eigenvalue weighted by Gasteiger charge is 2.27. The summed E-state index contributed by atoms with van der Waals surface area (Å²) in [5.41, 5.74) is 0.337. The van der Waals surface area contributed by atoms with E-state index in [2.05, 4.69) is 0 Å². The van der Waals surface area contributed by atoms with Crippen LogP contribution in [0.1, 0.15) is 16.8 Å². The molecule has 0 amide bonds. The van der Waals surface area contributed by atoms with E-state index in [9.17, 15) is 14.9 Å². The minimum Gasteiger partial charge on any atom is -0.478 e. The van der Waals surface area contributed by atoms with Gasteiger partial charge in [0.15, 0.2) is 0 Å². The molecule has 1 aliphatic rings. The number of methoxy groups -OCH3 is 1. The molecule has 1 aliphatic heterocycles. The van der Waals surface area contributed by atoms with Crippen LogP contribution in [0.5, 0.6) is 0 Å². The van der Waals surface area contributed by atoms with Crippen molar-refractivity contribution in [3.63, 3.8) is 0 Å². The molecule has 0 spiro atoms. The van der Waals surface area contributed by atoms with E-state index in [1.54, 1.807) is 7.11 Å². The molecule has 0 aliphatic carbocycles. The Bertz CT molecular complexity index is 517. The summed E-state index contributed by atoms with van der Waals surface area (Å²) in [6, 6.07) is 3.79. The zero-order chi connectivity index (χ0) is 14.0. The van der Waals surface area contributed by atoms with Crippen LogP contribution < -0.4 is 4.90 Å². The van der Waals surface area contributed by atoms with E-state index in [1.165, 1.54) is 18.2 Å². The number of benzene rings is 1. The van der Waals surface area contributed by atoms with Crippen LogP contribution in [0.2, 0.25) is 0 Å². The van der Waals surface area contributed by atoms with Crippen molar-refractivity contribution in [1.29, 1.82) is 0 Å². The highest BCUT2D eigenvalue weighted by molar-refractivity contribution is 5.95. The lowest BCUT2D eigenvalue weighted by Crippen LogP contribution is -2.24. The third kappa shape index (κ3) is 2.65. The van der Waals surface area contributed by atoms with Crippen molar-refractivity contribution in [3.8, 4) is 0 Å². The second-order valence-electron chi connectivity index (χ2n) is 4.36. The average Bonchev–Trinajstić information content (AvgIpc) is 2.86. The molecule has 7 nitrogen and oxygen atoms in total. The summed E-state index contributed by atoms with van der Waals surface area (Å²) in [4.78, 5) is 23.2. The van der Waals surface area contributed by atoms with Crippen molar-refractivity contribution in [1.82, 2.24) is 0 Å². The standard InChI is InChI=1S/C12H14N2O5/c1-19-9-4-5-13(7-9)11-6-8(14(17)18)2-3-10(11)12(15)16/h2-3,6,9H,4-5,7H2,1H3,(H,15,16). The summed E-state index contributed by atoms with van der Waals surface area (Å²) < 4.78 is 5.22. The molecule has 1 fully saturated rings. The number of hydrogen-bond donors (Lipinski definition) is 1. The number of hydrogen-bond acceptors (Lipinski definition) is 5. The molecule has 1 saturated heterocycles. The second-order valence-corrected chi connectivity index (χ2v) is 4.36. The predicted octanol–water partition coefficient (Wildman–Crippen LogP) is 1.52. The summed E-state index contributed by atoms with van der Waals surface area (Å²) in [6.45, 7) is 1.16. The van der Waals surface area contributed by atoms with Gasteiger partial charge in [-0.2, -0.15) is 0 Å². The van der Waals surface area contributed by atoms with Gasteiger partial charge in [0, 0.05) is 32.3 Å². The molecule has 0 bridgehead atoms. The Morgan fingerprint density at radius 1 is 1.58 bits per heavy atom. The van der Waals surface area contributed by atoms with E-state index >= 15 is 0 Å². The Morgan fingerprint density at radius 3 is 2.84 bits per heavy atom. The Kier molecular flexibility index (Phi) is 3.66. The van der Waals surface area contributed by atoms with Crippen molar-refractivity contribution >= 4 is 17.3 Å². The first kappa shape index (κ1) is 13.3. The largest absolute Gasteiger partial charge is 0.478 e. The van der Waals surface area contributed by atoms with Crippen molar-refractivity contribution < 1.29 is 19.6 Å². The molecular weight excluding hydrogens is 252 g/mol. The van der Waals surface area contributed by atoms with Crippen LogP contribution in [0.4, 0.5) is 11.4 Å². The first-order chi connectivity index (χ1) is 9.02. The highest BCUT2D eigenvalue weighted by atomic mass is 16.6. The molecule has 0 saturated carbocycles. The molecular formula is C12H14N2O5. The van der Waals surface area contributed by atoms with Gasteiger partial charge in [-0.3, -0.25) is 10.1 Å². The highest BCUT2D eigenvalue weighted by Crippen LogP contribution is 2.29. The minimum atomic E-state index is -1.09. The van der Waals surface area contributed by atoms with Gasteiger partial charge in [-0.05, 0) is 12.5 Å². The topological polar surface area (TPSA) is 92.9 Å². The number of nitro groups is 1. The number of anilines is 1. The van der Waals surface area contributed by atoms with Crippen LogP contribution in [0, 0.1) is 10.1 Å². The van der Waals surface area contributed by atoms with Gasteiger partial charge in [-0.15, -0.1) is 0 Å². The fraction of sp³-hybridized carbons (Fsp3) is 0.417. The number of carboxylic acid groups (broad SMARTS) is 1. The van der Waals surface area contributed by atoms with Crippen LogP contribution in [-0.4, -0.2) is 42.3 Å². The zero-order valence-electron chi connectivity index (χ0n) is 10.4. The summed E-state index contributed by atoms with van der Waals surface area (Å²) in [5.74, 6) is -1.09. The molecule has 1 heterocycles. The van der Waals surface area contributed by atoms with Crippen LogP contribution in [0.3, 0.4) is 0 Å². The van der Waals surface area contributed by atoms with Gasteiger partial charge in [-0.1, -0.05) is 0 Å². The molecule has 2 rings (SSSR count). The van der Waals surface area contributed by atoms with Gasteiger partial charge >= 0.3 is 5.97 Å². The lowest BCUT2D eigenvalue weighted by molar-refractivity contribution is -0.384. The number of rotatable bonds is 4. The van der Waals surface area contributed by atoms with E-state index in [1.807, 2.05) is 4.90 Å². The molecule has 0 aromatic heterocycles. The van der Waals surface area contributed by atoms with Gasteiger partial charge in [0.2, 0.25) is 0 Å². The quantitative estimate of drug-likeness (QED) is 0.656. The molecule has 102 valence electrons. The second kappa shape index (κ2) is 5.23. The van der Waals surface area contributed by atoms with E-state index < -0.39 is 10.9 Å². The minimum absolute atomic E-state index is 0.0286. The monoisotopic (exact) mass is 266 g/mol.